The zero-order valence-electron chi connectivity index (χ0n) is 58.5. The molecule has 11 aromatic rings. The minimum atomic E-state index is -0.618. The van der Waals surface area contributed by atoms with Crippen LogP contribution in [0.25, 0.3) is 55.0 Å². The fourth-order valence-corrected chi connectivity index (χ4v) is 11.2. The predicted molar refractivity (Wildman–Crippen MR) is 415 cm³/mol. The molecule has 5 aromatic heterocycles. The first-order valence-electron chi connectivity index (χ1n) is 32.5. The maximum atomic E-state index is 14.1. The molecule has 0 aliphatic rings. The Morgan fingerprint density at radius 2 is 0.833 bits per heavy atom. The fourth-order valence-electron chi connectivity index (χ4n) is 10.9. The average molecular weight is 1400 g/mol. The van der Waals surface area contributed by atoms with Crippen LogP contribution in [0.5, 0.6) is 0 Å². The van der Waals surface area contributed by atoms with Crippen LogP contribution >= 0.6 is 11.6 Å². The summed E-state index contributed by atoms with van der Waals surface area (Å²) in [6, 6.07) is 50.6. The van der Waals surface area contributed by atoms with Gasteiger partial charge in [-0.1, -0.05) is 149 Å². The van der Waals surface area contributed by atoms with Crippen LogP contribution in [0, 0.1) is 34.5 Å². The van der Waals surface area contributed by atoms with E-state index in [0.717, 1.165) is 21.8 Å². The first-order chi connectivity index (χ1) is 46.7. The van der Waals surface area contributed by atoms with Crippen molar-refractivity contribution in [3.05, 3.63) is 252 Å². The summed E-state index contributed by atoms with van der Waals surface area (Å²) in [7, 11) is 0. The quantitative estimate of drug-likeness (QED) is 0.0942. The van der Waals surface area contributed by atoms with Crippen molar-refractivity contribution in [2.75, 3.05) is 5.73 Å². The molecule has 0 unspecified atom stereocenters. The van der Waals surface area contributed by atoms with E-state index in [1.54, 1.807) is 65.1 Å². The van der Waals surface area contributed by atoms with Gasteiger partial charge in [0, 0.05) is 68.5 Å². The summed E-state index contributed by atoms with van der Waals surface area (Å²) in [6.45, 7) is 28.5. The summed E-state index contributed by atoms with van der Waals surface area (Å²) >= 11 is 6.31. The summed E-state index contributed by atoms with van der Waals surface area (Å²) in [5, 5.41) is 17.0. The number of hydrogen-bond donors (Lipinski definition) is 4. The van der Waals surface area contributed by atoms with E-state index in [-0.39, 0.29) is 61.2 Å². The molecule has 532 valence electrons. The molecule has 3 atom stereocenters. The van der Waals surface area contributed by atoms with Gasteiger partial charge in [-0.05, 0) is 199 Å². The molecule has 0 fully saturated rings. The molecule has 11 rings (SSSR count). The van der Waals surface area contributed by atoms with E-state index in [2.05, 4.69) is 49.7 Å². The number of ether oxygens (including phenoxy) is 2. The number of amides is 3. The lowest BCUT2D eigenvalue weighted by Crippen LogP contribution is -2.36. The number of hydrogen-bond acceptors (Lipinski definition) is 11. The summed E-state index contributed by atoms with van der Waals surface area (Å²) in [5.41, 5.74) is 9.73. The molecular formula is C83H95ClN10O8. The van der Waals surface area contributed by atoms with Gasteiger partial charge >= 0.3 is 12.2 Å². The number of para-hydroxylation sites is 3. The molecule has 19 heteroatoms. The van der Waals surface area contributed by atoms with Crippen molar-refractivity contribution in [1.82, 2.24) is 44.2 Å². The first-order valence-corrected chi connectivity index (χ1v) is 32.9. The Bertz CT molecular complexity index is 5170. The molecule has 0 radical (unpaired) electrons. The van der Waals surface area contributed by atoms with E-state index in [4.69, 9.17) is 26.8 Å². The van der Waals surface area contributed by atoms with Crippen molar-refractivity contribution >= 4 is 73.5 Å². The van der Waals surface area contributed by atoms with Crippen molar-refractivity contribution in [1.29, 1.82) is 0 Å². The monoisotopic (exact) mass is 1390 g/mol. The Labute approximate surface area is 603 Å². The Morgan fingerprint density at radius 3 is 1.21 bits per heavy atom. The highest BCUT2D eigenvalue weighted by Crippen LogP contribution is 2.30. The van der Waals surface area contributed by atoms with Gasteiger partial charge in [-0.15, -0.1) is 5.10 Å². The highest BCUT2D eigenvalue weighted by molar-refractivity contribution is 6.35. The van der Waals surface area contributed by atoms with Crippen molar-refractivity contribution in [2.24, 2.45) is 10.8 Å². The lowest BCUT2D eigenvalue weighted by molar-refractivity contribution is 0.0494. The number of nitrogens with zero attached hydrogens (tertiary/aromatic N) is 6. The van der Waals surface area contributed by atoms with Crippen molar-refractivity contribution in [3.8, 4) is 40.7 Å². The topological polar surface area (TPSA) is 228 Å². The highest BCUT2D eigenvalue weighted by Gasteiger charge is 2.27. The highest BCUT2D eigenvalue weighted by atomic mass is 35.5. The molecule has 3 amide bonds. The second-order valence-electron chi connectivity index (χ2n) is 28.0. The third-order valence-electron chi connectivity index (χ3n) is 15.2. The molecule has 0 bridgehead atoms. The van der Waals surface area contributed by atoms with Crippen LogP contribution in [0.15, 0.2) is 197 Å². The molecule has 0 spiro atoms. The number of halogens is 1. The Hall–Kier alpha value is -11.2. The standard InChI is InChI=1S/C30H28N6O2.C28H32N2O3.C22H23ClN2O3.3CH4/c1-19(33-28(37)25-26(31)34-35-17-9-16-32-27(25)35)23-18-21-11-8-10-20(14-15-30(2,3)4)24(21)29(38)36(23)22-12-6-5-7-13-22;1-19(29-26(32)33-28(5,6)7)23-18-21-13-11-12-20(16-17-27(2,3)4)24(21)25(31)30(23)22-14-9-8-10-15-22;1-14(24-21(27)28-22(2,3)4)18-13-15-9-8-12-17(23)19(15)20(26)25(18)16-10-6-5-7-11-16;;;/h5-13,16-19H,1-4H3,(H2,31,34)(H,33,37);8-15,18-19H,1-7H3,(H,29,32);5-14H,1-4H3,(H,24,27);3*1H4/t2*19-;14-;;;/m000.../s1. The molecule has 5 heterocycles. The van der Waals surface area contributed by atoms with Crippen LogP contribution in [-0.4, -0.2) is 57.6 Å². The summed E-state index contributed by atoms with van der Waals surface area (Å²) in [4.78, 5) is 83.6. The van der Waals surface area contributed by atoms with Gasteiger partial charge in [0.2, 0.25) is 0 Å². The largest absolute Gasteiger partial charge is 0.444 e. The van der Waals surface area contributed by atoms with Gasteiger partial charge in [0.1, 0.15) is 16.8 Å². The second kappa shape index (κ2) is 32.9. The van der Waals surface area contributed by atoms with Gasteiger partial charge in [0.05, 0.1) is 39.3 Å². The number of benzene rings is 6. The number of carbonyl (C=O) groups is 3. The van der Waals surface area contributed by atoms with Crippen LogP contribution < -0.4 is 38.4 Å². The van der Waals surface area contributed by atoms with Crippen molar-refractivity contribution < 1.29 is 23.9 Å². The molecule has 0 saturated heterocycles. The van der Waals surface area contributed by atoms with Crippen molar-refractivity contribution in [2.45, 2.75) is 155 Å². The minimum Gasteiger partial charge on any atom is -0.444 e. The predicted octanol–water partition coefficient (Wildman–Crippen LogP) is 17.6. The van der Waals surface area contributed by atoms with E-state index in [0.29, 0.717) is 66.4 Å². The number of rotatable bonds is 10. The van der Waals surface area contributed by atoms with Gasteiger partial charge < -0.3 is 31.2 Å². The van der Waals surface area contributed by atoms with Gasteiger partial charge in [-0.3, -0.25) is 32.9 Å². The molecule has 5 N–H and O–H groups in total. The lowest BCUT2D eigenvalue weighted by Gasteiger charge is -2.24. The maximum Gasteiger partial charge on any atom is 0.408 e. The van der Waals surface area contributed by atoms with E-state index >= 15 is 0 Å². The number of anilines is 1. The zero-order valence-corrected chi connectivity index (χ0v) is 59.2. The SMILES string of the molecule is C.C.C.C[C@H](NC(=O)OC(C)(C)C)c1cc2cccc(C#CC(C)(C)C)c2c(=O)n1-c1ccccc1.C[C@H](NC(=O)OC(C)(C)C)c1cc2cccc(Cl)c2c(=O)n1-c1ccccc1.C[C@H](NC(=O)c1c(N)nn2cccnc12)c1cc2cccc(C#CC(C)(C)C)c2c(=O)n1-c1ccccc1. The fraction of sp³-hybridized carbons (Fsp3) is 0.301. The molecule has 0 aliphatic carbocycles. The number of nitrogens with two attached hydrogens (primary N) is 1. The van der Waals surface area contributed by atoms with E-state index in [1.807, 2.05) is 235 Å². The lowest BCUT2D eigenvalue weighted by atomic mass is 9.96. The van der Waals surface area contributed by atoms with Gasteiger partial charge in [0.15, 0.2) is 11.5 Å². The number of nitrogen functional groups attached to an aromatic ring is 1. The number of pyridine rings is 3. The van der Waals surface area contributed by atoms with Gasteiger partial charge in [-0.25, -0.2) is 19.1 Å². The maximum absolute atomic E-state index is 14.1. The molecule has 0 aliphatic heterocycles. The Morgan fingerprint density at radius 1 is 0.480 bits per heavy atom. The van der Waals surface area contributed by atoms with E-state index in [9.17, 15) is 28.8 Å². The average Bonchev–Trinajstić information content (AvgIpc) is 0.996. The number of alkyl carbamates (subject to hydrolysis) is 2. The number of carbonyl (C=O) groups excluding carboxylic acids is 3. The Balaban J connectivity index is 0.000000240. The van der Waals surface area contributed by atoms with Gasteiger partial charge in [-0.2, -0.15) is 0 Å². The molecular weight excluding hydrogens is 1300 g/mol. The van der Waals surface area contributed by atoms with E-state index < -0.39 is 47.4 Å². The van der Waals surface area contributed by atoms with Crippen LogP contribution in [-0.2, 0) is 9.47 Å². The van der Waals surface area contributed by atoms with Crippen LogP contribution in [0.3, 0.4) is 0 Å². The number of nitrogens with one attached hydrogen (secondary N) is 3. The number of fused-ring (bicyclic) bond motifs is 4. The summed E-state index contributed by atoms with van der Waals surface area (Å²) in [5.74, 6) is 12.5. The van der Waals surface area contributed by atoms with E-state index in [1.165, 1.54) is 4.52 Å². The van der Waals surface area contributed by atoms with Crippen LogP contribution in [0.1, 0.15) is 183 Å². The normalized spacial score (nSPS) is 12.1. The molecule has 0 saturated carbocycles. The van der Waals surface area contributed by atoms with Crippen LogP contribution in [0.4, 0.5) is 15.4 Å². The third-order valence-corrected chi connectivity index (χ3v) is 15.5. The molecule has 102 heavy (non-hydrogen) atoms. The minimum absolute atomic E-state index is 0. The van der Waals surface area contributed by atoms with Crippen LogP contribution in [0.2, 0.25) is 5.02 Å². The van der Waals surface area contributed by atoms with Gasteiger partial charge in [0.25, 0.3) is 22.6 Å². The second-order valence-corrected chi connectivity index (χ2v) is 28.4. The third kappa shape index (κ3) is 19.4. The number of aromatic nitrogens is 6. The smallest absolute Gasteiger partial charge is 0.408 e. The summed E-state index contributed by atoms with van der Waals surface area (Å²) < 4.78 is 17.1. The Kier molecular flexibility index (Phi) is 25.7. The molecule has 18 nitrogen and oxygen atoms in total. The first kappa shape index (κ1) is 79.8. The van der Waals surface area contributed by atoms with Crippen molar-refractivity contribution in [3.63, 3.8) is 0 Å². The summed E-state index contributed by atoms with van der Waals surface area (Å²) in [6.07, 6.45) is 2.17. The molecule has 6 aromatic carbocycles. The zero-order chi connectivity index (χ0) is 71.9.